The number of hydrogen-bond donors (Lipinski definition) is 2. The molecule has 4 rings (SSSR count). The summed E-state index contributed by atoms with van der Waals surface area (Å²) in [6.45, 7) is 0.133. The third-order valence-corrected chi connectivity index (χ3v) is 4.88. The highest BCUT2D eigenvalue weighted by molar-refractivity contribution is 6.31. The normalized spacial score (nSPS) is 10.7. The van der Waals surface area contributed by atoms with Crippen molar-refractivity contribution < 1.29 is 14.2 Å². The van der Waals surface area contributed by atoms with Gasteiger partial charge in [-0.05, 0) is 29.8 Å². The van der Waals surface area contributed by atoms with Gasteiger partial charge in [-0.2, -0.15) is 0 Å². The van der Waals surface area contributed by atoms with Gasteiger partial charge in [-0.1, -0.05) is 48.0 Å². The smallest absolute Gasteiger partial charge is 0.220 e. The molecule has 0 unspecified atom stereocenters. The molecule has 1 heterocycles. The van der Waals surface area contributed by atoms with Crippen LogP contribution in [0.15, 0.2) is 72.9 Å². The first-order valence-corrected chi connectivity index (χ1v) is 9.47. The Morgan fingerprint density at radius 1 is 1.00 bits per heavy atom. The van der Waals surface area contributed by atoms with Crippen LogP contribution in [0.3, 0.4) is 0 Å². The van der Waals surface area contributed by atoms with Crippen LogP contribution in [-0.4, -0.2) is 15.1 Å². The van der Waals surface area contributed by atoms with Gasteiger partial charge < -0.3 is 15.6 Å². The molecule has 150 valence electrons. The van der Waals surface area contributed by atoms with Crippen LogP contribution in [-0.2, 0) is 6.61 Å². The molecule has 0 saturated carbocycles. The van der Waals surface area contributed by atoms with Gasteiger partial charge in [0.05, 0.1) is 10.7 Å². The standard InChI is InChI=1S/C23H17ClFN3O2/c24-20-10-16(25)7-6-15(20)13-30-17-8-9-18(21(29)11-17)22-19(12-27-23(26)28-22)14-4-2-1-3-5-14/h1-12,29H,13H2,(H2,26,27,28). The Balaban J connectivity index is 1.63. The molecule has 0 fully saturated rings. The molecule has 3 N–H and O–H groups in total. The molecule has 7 heteroatoms. The molecule has 0 saturated heterocycles. The number of halogens is 2. The molecule has 0 aliphatic heterocycles. The fourth-order valence-corrected chi connectivity index (χ4v) is 3.25. The van der Waals surface area contributed by atoms with E-state index in [0.29, 0.717) is 22.6 Å². The van der Waals surface area contributed by atoms with E-state index in [9.17, 15) is 9.50 Å². The van der Waals surface area contributed by atoms with Gasteiger partial charge in [0.25, 0.3) is 0 Å². The van der Waals surface area contributed by atoms with Gasteiger partial charge in [0.1, 0.15) is 23.9 Å². The maximum atomic E-state index is 13.2. The molecule has 0 radical (unpaired) electrons. The topological polar surface area (TPSA) is 81.3 Å². The highest BCUT2D eigenvalue weighted by Crippen LogP contribution is 2.37. The second-order valence-electron chi connectivity index (χ2n) is 6.56. The van der Waals surface area contributed by atoms with Crippen LogP contribution in [0.1, 0.15) is 5.56 Å². The highest BCUT2D eigenvalue weighted by Gasteiger charge is 2.15. The molecule has 0 amide bonds. The van der Waals surface area contributed by atoms with Crippen molar-refractivity contribution in [3.63, 3.8) is 0 Å². The third-order valence-electron chi connectivity index (χ3n) is 4.53. The number of nitrogen functional groups attached to an aromatic ring is 1. The molecule has 0 aliphatic carbocycles. The number of aromatic hydroxyl groups is 1. The maximum Gasteiger partial charge on any atom is 0.220 e. The van der Waals surface area contributed by atoms with Crippen molar-refractivity contribution in [2.45, 2.75) is 6.61 Å². The van der Waals surface area contributed by atoms with E-state index in [4.69, 9.17) is 22.1 Å². The number of aromatic nitrogens is 2. The average Bonchev–Trinajstić information content (AvgIpc) is 2.74. The first-order chi connectivity index (χ1) is 14.5. The molecule has 3 aromatic carbocycles. The van der Waals surface area contributed by atoms with E-state index < -0.39 is 5.82 Å². The van der Waals surface area contributed by atoms with E-state index in [1.165, 1.54) is 18.2 Å². The summed E-state index contributed by atoms with van der Waals surface area (Å²) >= 11 is 6.03. The molecule has 0 aliphatic rings. The Morgan fingerprint density at radius 3 is 2.53 bits per heavy atom. The summed E-state index contributed by atoms with van der Waals surface area (Å²) in [5.41, 5.74) is 9.08. The van der Waals surface area contributed by atoms with Gasteiger partial charge in [0, 0.05) is 29.0 Å². The molecule has 0 bridgehead atoms. The molecule has 5 nitrogen and oxygen atoms in total. The molecule has 30 heavy (non-hydrogen) atoms. The summed E-state index contributed by atoms with van der Waals surface area (Å²) in [4.78, 5) is 8.42. The first-order valence-electron chi connectivity index (χ1n) is 9.09. The van der Waals surface area contributed by atoms with Crippen molar-refractivity contribution in [3.8, 4) is 33.9 Å². The summed E-state index contributed by atoms with van der Waals surface area (Å²) in [5.74, 6) is 0.104. The van der Waals surface area contributed by atoms with Crippen LogP contribution < -0.4 is 10.5 Å². The summed E-state index contributed by atoms with van der Waals surface area (Å²) in [5, 5.41) is 10.9. The molecule has 1 aromatic heterocycles. The van der Waals surface area contributed by atoms with Gasteiger partial charge in [-0.25, -0.2) is 14.4 Å². The SMILES string of the molecule is Nc1ncc(-c2ccccc2)c(-c2ccc(OCc3ccc(F)cc3Cl)cc2O)n1. The number of phenolic OH excluding ortho intramolecular Hbond substituents is 1. The van der Waals surface area contributed by atoms with E-state index in [-0.39, 0.29) is 23.3 Å². The van der Waals surface area contributed by atoms with Crippen LogP contribution in [0.25, 0.3) is 22.4 Å². The van der Waals surface area contributed by atoms with Crippen molar-refractivity contribution in [1.29, 1.82) is 0 Å². The highest BCUT2D eigenvalue weighted by atomic mass is 35.5. The molecule has 0 spiro atoms. The lowest BCUT2D eigenvalue weighted by molar-refractivity contribution is 0.304. The van der Waals surface area contributed by atoms with E-state index in [2.05, 4.69) is 9.97 Å². The molecule has 0 atom stereocenters. The van der Waals surface area contributed by atoms with E-state index in [1.807, 2.05) is 30.3 Å². The second kappa shape index (κ2) is 8.39. The average molecular weight is 422 g/mol. The summed E-state index contributed by atoms with van der Waals surface area (Å²) in [6, 6.07) is 18.6. The zero-order valence-electron chi connectivity index (χ0n) is 15.7. The summed E-state index contributed by atoms with van der Waals surface area (Å²) in [7, 11) is 0. The van der Waals surface area contributed by atoms with E-state index in [1.54, 1.807) is 24.4 Å². The number of anilines is 1. The van der Waals surface area contributed by atoms with Gasteiger partial charge in [-0.3, -0.25) is 0 Å². The number of nitrogens with two attached hydrogens (primary N) is 1. The van der Waals surface area contributed by atoms with Gasteiger partial charge in [0.15, 0.2) is 0 Å². The second-order valence-corrected chi connectivity index (χ2v) is 6.97. The lowest BCUT2D eigenvalue weighted by Crippen LogP contribution is -1.99. The van der Waals surface area contributed by atoms with E-state index >= 15 is 0 Å². The van der Waals surface area contributed by atoms with Gasteiger partial charge in [-0.15, -0.1) is 0 Å². The van der Waals surface area contributed by atoms with Crippen LogP contribution >= 0.6 is 11.6 Å². The summed E-state index contributed by atoms with van der Waals surface area (Å²) < 4.78 is 18.9. The fraction of sp³-hybridized carbons (Fsp3) is 0.0435. The minimum absolute atomic E-state index is 0.0204. The monoisotopic (exact) mass is 421 g/mol. The maximum absolute atomic E-state index is 13.2. The van der Waals surface area contributed by atoms with E-state index in [0.717, 1.165) is 11.1 Å². The van der Waals surface area contributed by atoms with Crippen molar-refractivity contribution in [2.75, 3.05) is 5.73 Å². The number of rotatable bonds is 5. The largest absolute Gasteiger partial charge is 0.507 e. The van der Waals surface area contributed by atoms with Crippen molar-refractivity contribution >= 4 is 17.5 Å². The Morgan fingerprint density at radius 2 is 1.80 bits per heavy atom. The van der Waals surface area contributed by atoms with Crippen LogP contribution in [0, 0.1) is 5.82 Å². The number of phenols is 1. The molecular formula is C23H17ClFN3O2. The predicted octanol–water partition coefficient (Wildman–Crippen LogP) is 5.47. The van der Waals surface area contributed by atoms with Crippen molar-refractivity contribution in [2.24, 2.45) is 0 Å². The Hall–Kier alpha value is -3.64. The lowest BCUT2D eigenvalue weighted by Gasteiger charge is -2.13. The Bertz CT molecular complexity index is 1200. The Labute approximate surface area is 177 Å². The van der Waals surface area contributed by atoms with Crippen LogP contribution in [0.2, 0.25) is 5.02 Å². The van der Waals surface area contributed by atoms with Crippen LogP contribution in [0.5, 0.6) is 11.5 Å². The fourth-order valence-electron chi connectivity index (χ4n) is 3.03. The van der Waals surface area contributed by atoms with Crippen LogP contribution in [0.4, 0.5) is 10.3 Å². The number of nitrogens with zero attached hydrogens (tertiary/aromatic N) is 2. The predicted molar refractivity (Wildman–Crippen MR) is 115 cm³/mol. The van der Waals surface area contributed by atoms with Crippen molar-refractivity contribution in [3.05, 3.63) is 89.3 Å². The molecule has 4 aromatic rings. The number of benzene rings is 3. The number of hydrogen-bond acceptors (Lipinski definition) is 5. The lowest BCUT2D eigenvalue weighted by atomic mass is 10.00. The zero-order valence-corrected chi connectivity index (χ0v) is 16.5. The number of ether oxygens (including phenoxy) is 1. The minimum Gasteiger partial charge on any atom is -0.507 e. The third kappa shape index (κ3) is 4.18. The minimum atomic E-state index is -0.413. The molecular weight excluding hydrogens is 405 g/mol. The van der Waals surface area contributed by atoms with Crippen molar-refractivity contribution in [1.82, 2.24) is 9.97 Å². The van der Waals surface area contributed by atoms with Gasteiger partial charge >= 0.3 is 0 Å². The summed E-state index contributed by atoms with van der Waals surface area (Å²) in [6.07, 6.45) is 1.63. The van der Waals surface area contributed by atoms with Gasteiger partial charge in [0.2, 0.25) is 5.95 Å². The zero-order chi connectivity index (χ0) is 21.1. The Kier molecular flexibility index (Phi) is 5.50. The quantitative estimate of drug-likeness (QED) is 0.446. The first kappa shape index (κ1) is 19.7.